The number of amides is 1. The van der Waals surface area contributed by atoms with Crippen LogP contribution in [0.5, 0.6) is 5.75 Å². The Morgan fingerprint density at radius 1 is 1.37 bits per heavy atom. The lowest BCUT2D eigenvalue weighted by atomic mass is 10.1. The van der Waals surface area contributed by atoms with Crippen LogP contribution in [0.2, 0.25) is 0 Å². The molecular weight excluding hydrogens is 249 g/mol. The first kappa shape index (κ1) is 15.4. The second-order valence-electron chi connectivity index (χ2n) is 4.57. The van der Waals surface area contributed by atoms with Gasteiger partial charge in [-0.1, -0.05) is 6.92 Å². The molecule has 0 aliphatic rings. The maximum atomic E-state index is 12.6. The fraction of sp³-hybridized carbons (Fsp3) is 0.500. The van der Waals surface area contributed by atoms with Crippen LogP contribution in [0.25, 0.3) is 0 Å². The Morgan fingerprint density at radius 3 is 2.58 bits per heavy atom. The number of halogens is 1. The summed E-state index contributed by atoms with van der Waals surface area (Å²) < 4.78 is 18.0. The Morgan fingerprint density at radius 2 is 2.00 bits per heavy atom. The maximum Gasteiger partial charge on any atom is 0.223 e. The van der Waals surface area contributed by atoms with Gasteiger partial charge in [0.15, 0.2) is 0 Å². The third kappa shape index (κ3) is 5.70. The monoisotopic (exact) mass is 269 g/mol. The van der Waals surface area contributed by atoms with E-state index in [1.807, 2.05) is 13.8 Å². The number of hydrogen-bond acceptors (Lipinski definition) is 3. The Kier molecular flexibility index (Phi) is 6.29. The predicted molar refractivity (Wildman–Crippen MR) is 70.4 cm³/mol. The molecular formula is C14H20FNO3. The molecule has 0 bridgehead atoms. The molecule has 0 aromatic heterocycles. The molecule has 1 rings (SSSR count). The van der Waals surface area contributed by atoms with Crippen LogP contribution >= 0.6 is 0 Å². The summed E-state index contributed by atoms with van der Waals surface area (Å²) in [5.41, 5.74) is 0. The van der Waals surface area contributed by atoms with Crippen molar-refractivity contribution in [1.29, 1.82) is 0 Å². The first-order chi connectivity index (χ1) is 9.02. The minimum Gasteiger partial charge on any atom is -0.493 e. The summed E-state index contributed by atoms with van der Waals surface area (Å²) in [5.74, 6) is 0.0970. The lowest BCUT2D eigenvalue weighted by Crippen LogP contribution is -2.38. The molecule has 106 valence electrons. The lowest BCUT2D eigenvalue weighted by Gasteiger charge is -2.19. The number of carbonyl (C=O) groups is 1. The molecule has 0 saturated heterocycles. The molecule has 0 spiro atoms. The summed E-state index contributed by atoms with van der Waals surface area (Å²) in [7, 11) is 0. The van der Waals surface area contributed by atoms with Gasteiger partial charge < -0.3 is 15.2 Å². The number of aliphatic hydroxyl groups is 1. The Balaban J connectivity index is 2.25. The highest BCUT2D eigenvalue weighted by molar-refractivity contribution is 5.76. The zero-order valence-corrected chi connectivity index (χ0v) is 11.2. The number of rotatable bonds is 7. The highest BCUT2D eigenvalue weighted by Gasteiger charge is 2.13. The van der Waals surface area contributed by atoms with Crippen molar-refractivity contribution in [2.45, 2.75) is 26.3 Å². The van der Waals surface area contributed by atoms with Gasteiger partial charge in [0.2, 0.25) is 5.91 Å². The number of nitrogens with one attached hydrogen (secondary N) is 1. The summed E-state index contributed by atoms with van der Waals surface area (Å²) in [6.45, 7) is 3.98. The fourth-order valence-corrected chi connectivity index (χ4v) is 1.42. The third-order valence-corrected chi connectivity index (χ3v) is 2.94. The van der Waals surface area contributed by atoms with E-state index >= 15 is 0 Å². The normalized spacial score (nSPS) is 13.7. The topological polar surface area (TPSA) is 58.6 Å². The first-order valence-corrected chi connectivity index (χ1v) is 6.31. The van der Waals surface area contributed by atoms with Gasteiger partial charge in [0.1, 0.15) is 11.6 Å². The zero-order chi connectivity index (χ0) is 14.3. The average Bonchev–Trinajstić information content (AvgIpc) is 2.40. The van der Waals surface area contributed by atoms with Gasteiger partial charge in [0.05, 0.1) is 13.0 Å². The molecule has 5 heteroatoms. The van der Waals surface area contributed by atoms with Crippen LogP contribution in [0.15, 0.2) is 24.3 Å². The van der Waals surface area contributed by atoms with E-state index in [0.29, 0.717) is 5.75 Å². The molecule has 4 nitrogen and oxygen atoms in total. The van der Waals surface area contributed by atoms with E-state index in [-0.39, 0.29) is 43.3 Å². The molecule has 1 amide bonds. The molecule has 19 heavy (non-hydrogen) atoms. The lowest BCUT2D eigenvalue weighted by molar-refractivity contribution is -0.122. The number of benzene rings is 1. The molecule has 2 N–H and O–H groups in total. The zero-order valence-electron chi connectivity index (χ0n) is 11.2. The number of hydrogen-bond donors (Lipinski definition) is 2. The van der Waals surface area contributed by atoms with Crippen LogP contribution in [0.4, 0.5) is 4.39 Å². The molecule has 0 fully saturated rings. The van der Waals surface area contributed by atoms with E-state index in [2.05, 4.69) is 5.32 Å². The van der Waals surface area contributed by atoms with Crippen LogP contribution in [-0.2, 0) is 4.79 Å². The number of aliphatic hydroxyl groups excluding tert-OH is 1. The van der Waals surface area contributed by atoms with Gasteiger partial charge in [-0.2, -0.15) is 0 Å². The average molecular weight is 269 g/mol. The maximum absolute atomic E-state index is 12.6. The molecule has 0 aliphatic carbocycles. The van der Waals surface area contributed by atoms with Crippen molar-refractivity contribution >= 4 is 5.91 Å². The second kappa shape index (κ2) is 7.74. The third-order valence-electron chi connectivity index (χ3n) is 2.94. The first-order valence-electron chi connectivity index (χ1n) is 6.31. The summed E-state index contributed by atoms with van der Waals surface area (Å²) in [4.78, 5) is 11.6. The van der Waals surface area contributed by atoms with Crippen molar-refractivity contribution in [1.82, 2.24) is 5.32 Å². The van der Waals surface area contributed by atoms with Crippen molar-refractivity contribution in [3.63, 3.8) is 0 Å². The highest BCUT2D eigenvalue weighted by atomic mass is 19.1. The van der Waals surface area contributed by atoms with Gasteiger partial charge >= 0.3 is 0 Å². The predicted octanol–water partition coefficient (Wildman–Crippen LogP) is 1.73. The Labute approximate surface area is 112 Å². The number of ether oxygens (including phenoxy) is 1. The minimum atomic E-state index is -0.322. The van der Waals surface area contributed by atoms with Gasteiger partial charge in [-0.05, 0) is 37.1 Å². The summed E-state index contributed by atoms with van der Waals surface area (Å²) >= 11 is 0. The van der Waals surface area contributed by atoms with E-state index < -0.39 is 0 Å². The molecule has 0 saturated carbocycles. The van der Waals surface area contributed by atoms with Crippen molar-refractivity contribution in [3.05, 3.63) is 30.1 Å². The van der Waals surface area contributed by atoms with Crippen LogP contribution < -0.4 is 10.1 Å². The van der Waals surface area contributed by atoms with Crippen molar-refractivity contribution in [3.8, 4) is 5.75 Å². The fourth-order valence-electron chi connectivity index (χ4n) is 1.42. The SMILES string of the molecule is CC(CO)C(C)NC(=O)CCOc1ccc(F)cc1. The molecule has 0 heterocycles. The van der Waals surface area contributed by atoms with Crippen LogP contribution in [-0.4, -0.2) is 30.3 Å². The van der Waals surface area contributed by atoms with Crippen LogP contribution in [0.1, 0.15) is 20.3 Å². The molecule has 1 aromatic rings. The quantitative estimate of drug-likeness (QED) is 0.792. The standard InChI is InChI=1S/C14H20FNO3/c1-10(9-17)11(2)16-14(18)7-8-19-13-5-3-12(15)4-6-13/h3-6,10-11,17H,7-9H2,1-2H3,(H,16,18). The van der Waals surface area contributed by atoms with E-state index in [4.69, 9.17) is 9.84 Å². The van der Waals surface area contributed by atoms with Crippen LogP contribution in [0, 0.1) is 11.7 Å². The second-order valence-corrected chi connectivity index (χ2v) is 4.57. The summed E-state index contributed by atoms with van der Waals surface area (Å²) in [6, 6.07) is 5.57. The minimum absolute atomic E-state index is 0.0157. The van der Waals surface area contributed by atoms with Gasteiger partial charge in [0, 0.05) is 12.6 Å². The van der Waals surface area contributed by atoms with Gasteiger partial charge in [-0.3, -0.25) is 4.79 Å². The molecule has 2 atom stereocenters. The smallest absolute Gasteiger partial charge is 0.223 e. The molecule has 2 unspecified atom stereocenters. The molecule has 0 radical (unpaired) electrons. The van der Waals surface area contributed by atoms with Crippen LogP contribution in [0.3, 0.4) is 0 Å². The van der Waals surface area contributed by atoms with Crippen molar-refractivity contribution in [2.75, 3.05) is 13.2 Å². The molecule has 1 aromatic carbocycles. The van der Waals surface area contributed by atoms with E-state index in [1.54, 1.807) is 0 Å². The van der Waals surface area contributed by atoms with Gasteiger partial charge in [0.25, 0.3) is 0 Å². The van der Waals surface area contributed by atoms with Crippen molar-refractivity contribution in [2.24, 2.45) is 5.92 Å². The summed E-state index contributed by atoms with van der Waals surface area (Å²) in [6.07, 6.45) is 0.222. The van der Waals surface area contributed by atoms with E-state index in [1.165, 1.54) is 24.3 Å². The Hall–Kier alpha value is -1.62. The largest absolute Gasteiger partial charge is 0.493 e. The highest BCUT2D eigenvalue weighted by Crippen LogP contribution is 2.11. The number of carbonyl (C=O) groups excluding carboxylic acids is 1. The Bertz CT molecular complexity index is 394. The van der Waals surface area contributed by atoms with Crippen molar-refractivity contribution < 1.29 is 19.0 Å². The van der Waals surface area contributed by atoms with E-state index in [0.717, 1.165) is 0 Å². The molecule has 0 aliphatic heterocycles. The van der Waals surface area contributed by atoms with Gasteiger partial charge in [-0.15, -0.1) is 0 Å². The van der Waals surface area contributed by atoms with E-state index in [9.17, 15) is 9.18 Å². The van der Waals surface area contributed by atoms with Gasteiger partial charge in [-0.25, -0.2) is 4.39 Å². The summed E-state index contributed by atoms with van der Waals surface area (Å²) in [5, 5.41) is 11.7.